The van der Waals surface area contributed by atoms with Crippen molar-refractivity contribution in [3.63, 3.8) is 0 Å². The largest absolute Gasteiger partial charge is 0.326 e. The van der Waals surface area contributed by atoms with E-state index in [1.165, 1.54) is 16.1 Å². The molecule has 1 aromatic carbocycles. The molecule has 2 nitrogen and oxygen atoms in total. The smallest absolute Gasteiger partial charge is 0.133 e. The van der Waals surface area contributed by atoms with Crippen molar-refractivity contribution in [3.8, 4) is 0 Å². The zero-order chi connectivity index (χ0) is 14.2. The van der Waals surface area contributed by atoms with Crippen molar-refractivity contribution in [2.75, 3.05) is 11.4 Å². The number of hydrogen-bond donors (Lipinski definition) is 0. The Morgan fingerprint density at radius 1 is 1.10 bits per heavy atom. The highest BCUT2D eigenvalue weighted by Gasteiger charge is 2.20. The van der Waals surface area contributed by atoms with Gasteiger partial charge in [0, 0.05) is 28.1 Å². The summed E-state index contributed by atoms with van der Waals surface area (Å²) in [5.74, 6) is 1.05. The predicted octanol–water partition coefficient (Wildman–Crippen LogP) is 4.67. The molecule has 1 aromatic heterocycles. The highest BCUT2D eigenvalue weighted by Crippen LogP contribution is 2.35. The summed E-state index contributed by atoms with van der Waals surface area (Å²) in [5, 5.41) is 0. The molecule has 1 aliphatic rings. The van der Waals surface area contributed by atoms with E-state index in [9.17, 15) is 0 Å². The summed E-state index contributed by atoms with van der Waals surface area (Å²) in [6.07, 6.45) is 3.10. The summed E-state index contributed by atoms with van der Waals surface area (Å²) in [6.45, 7) is 7.70. The summed E-state index contributed by atoms with van der Waals surface area (Å²) < 4.78 is 0.226. The molecule has 0 spiro atoms. The molecule has 2 heterocycles. The van der Waals surface area contributed by atoms with Gasteiger partial charge in [-0.25, -0.2) is 4.98 Å². The van der Waals surface area contributed by atoms with Crippen molar-refractivity contribution in [2.24, 2.45) is 0 Å². The predicted molar refractivity (Wildman–Crippen MR) is 87.0 cm³/mol. The number of thioether (sulfide) groups is 1. The van der Waals surface area contributed by atoms with Crippen LogP contribution in [0.1, 0.15) is 26.3 Å². The minimum atomic E-state index is 0.226. The van der Waals surface area contributed by atoms with Gasteiger partial charge in [-0.2, -0.15) is 0 Å². The quantitative estimate of drug-likeness (QED) is 0.746. The number of hydrogen-bond acceptors (Lipinski definition) is 3. The SMILES string of the molecule is CC(C)(C)Sc1ccc(N2CCc3ccccc32)nc1. The molecule has 0 radical (unpaired) electrons. The van der Waals surface area contributed by atoms with Crippen molar-refractivity contribution in [1.82, 2.24) is 4.98 Å². The van der Waals surface area contributed by atoms with Gasteiger partial charge >= 0.3 is 0 Å². The van der Waals surface area contributed by atoms with Crippen LogP contribution in [-0.4, -0.2) is 16.3 Å². The van der Waals surface area contributed by atoms with E-state index in [1.807, 2.05) is 18.0 Å². The summed E-state index contributed by atoms with van der Waals surface area (Å²) in [7, 11) is 0. The van der Waals surface area contributed by atoms with Crippen molar-refractivity contribution in [3.05, 3.63) is 48.2 Å². The van der Waals surface area contributed by atoms with E-state index in [-0.39, 0.29) is 4.75 Å². The minimum absolute atomic E-state index is 0.226. The number of nitrogens with zero attached hydrogens (tertiary/aromatic N) is 2. The monoisotopic (exact) mass is 284 g/mol. The number of para-hydroxylation sites is 1. The lowest BCUT2D eigenvalue weighted by Gasteiger charge is -2.20. The number of pyridine rings is 1. The first kappa shape index (κ1) is 13.5. The molecule has 0 unspecified atom stereocenters. The summed E-state index contributed by atoms with van der Waals surface area (Å²) in [6, 6.07) is 12.9. The van der Waals surface area contributed by atoms with Gasteiger partial charge in [0.1, 0.15) is 5.82 Å². The van der Waals surface area contributed by atoms with Crippen LogP contribution in [0.4, 0.5) is 11.5 Å². The van der Waals surface area contributed by atoms with Crippen LogP contribution in [0, 0.1) is 0 Å². The van der Waals surface area contributed by atoms with Gasteiger partial charge in [0.25, 0.3) is 0 Å². The average Bonchev–Trinajstić information content (AvgIpc) is 2.82. The lowest BCUT2D eigenvalue weighted by Crippen LogP contribution is -2.14. The highest BCUT2D eigenvalue weighted by molar-refractivity contribution is 8.00. The molecule has 20 heavy (non-hydrogen) atoms. The van der Waals surface area contributed by atoms with Crippen LogP contribution in [0.25, 0.3) is 0 Å². The van der Waals surface area contributed by atoms with E-state index in [2.05, 4.69) is 67.1 Å². The van der Waals surface area contributed by atoms with Gasteiger partial charge in [-0.05, 0) is 30.2 Å². The topological polar surface area (TPSA) is 16.1 Å². The number of rotatable bonds is 2. The van der Waals surface area contributed by atoms with Crippen LogP contribution in [0.3, 0.4) is 0 Å². The third kappa shape index (κ3) is 2.83. The molecule has 0 atom stereocenters. The molecule has 0 bridgehead atoms. The Morgan fingerprint density at radius 3 is 2.60 bits per heavy atom. The molecule has 0 aliphatic carbocycles. The molecule has 0 saturated heterocycles. The molecule has 0 amide bonds. The Hall–Kier alpha value is -1.48. The van der Waals surface area contributed by atoms with Crippen LogP contribution in [-0.2, 0) is 6.42 Å². The van der Waals surface area contributed by atoms with E-state index in [0.29, 0.717) is 0 Å². The summed E-state index contributed by atoms with van der Waals surface area (Å²) in [5.41, 5.74) is 2.72. The molecular formula is C17H20N2S. The Kier molecular flexibility index (Phi) is 3.47. The third-order valence-corrected chi connectivity index (χ3v) is 4.40. The molecule has 3 heteroatoms. The third-order valence-electron chi connectivity index (χ3n) is 3.31. The van der Waals surface area contributed by atoms with Gasteiger partial charge in [-0.1, -0.05) is 39.0 Å². The van der Waals surface area contributed by atoms with Gasteiger partial charge in [-0.15, -0.1) is 11.8 Å². The zero-order valence-electron chi connectivity index (χ0n) is 12.3. The van der Waals surface area contributed by atoms with E-state index < -0.39 is 0 Å². The van der Waals surface area contributed by atoms with Crippen LogP contribution in [0.15, 0.2) is 47.5 Å². The first-order valence-corrected chi connectivity index (χ1v) is 7.85. The van der Waals surface area contributed by atoms with Gasteiger partial charge in [0.05, 0.1) is 0 Å². The van der Waals surface area contributed by atoms with Gasteiger partial charge in [0.2, 0.25) is 0 Å². The maximum absolute atomic E-state index is 4.65. The Labute approximate surface area is 125 Å². The molecule has 0 N–H and O–H groups in total. The van der Waals surface area contributed by atoms with Gasteiger partial charge in [-0.3, -0.25) is 0 Å². The van der Waals surface area contributed by atoms with Crippen LogP contribution in [0.5, 0.6) is 0 Å². The normalized spacial score (nSPS) is 14.4. The average molecular weight is 284 g/mol. The number of aromatic nitrogens is 1. The fraction of sp³-hybridized carbons (Fsp3) is 0.353. The van der Waals surface area contributed by atoms with E-state index in [1.54, 1.807) is 0 Å². The van der Waals surface area contributed by atoms with Crippen LogP contribution >= 0.6 is 11.8 Å². The Balaban J connectivity index is 1.83. The van der Waals surface area contributed by atoms with E-state index in [4.69, 9.17) is 0 Å². The molecule has 104 valence electrons. The second-order valence-corrected chi connectivity index (χ2v) is 8.00. The maximum Gasteiger partial charge on any atom is 0.133 e. The second-order valence-electron chi connectivity index (χ2n) is 6.10. The fourth-order valence-electron chi connectivity index (χ4n) is 2.52. The number of fused-ring (bicyclic) bond motifs is 1. The number of anilines is 2. The molecular weight excluding hydrogens is 264 g/mol. The summed E-state index contributed by atoms with van der Waals surface area (Å²) in [4.78, 5) is 8.19. The van der Waals surface area contributed by atoms with Gasteiger partial charge in [0.15, 0.2) is 0 Å². The lowest BCUT2D eigenvalue weighted by atomic mass is 10.2. The van der Waals surface area contributed by atoms with Crippen molar-refractivity contribution < 1.29 is 0 Å². The molecule has 2 aromatic rings. The van der Waals surface area contributed by atoms with E-state index in [0.717, 1.165) is 18.8 Å². The zero-order valence-corrected chi connectivity index (χ0v) is 13.1. The highest BCUT2D eigenvalue weighted by atomic mass is 32.2. The maximum atomic E-state index is 4.65. The standard InChI is InChI=1S/C17H20N2S/c1-17(2,3)20-14-8-9-16(18-12-14)19-11-10-13-6-4-5-7-15(13)19/h4-9,12H,10-11H2,1-3H3. The number of benzene rings is 1. The molecule has 3 rings (SSSR count). The fourth-order valence-corrected chi connectivity index (χ4v) is 3.47. The first-order chi connectivity index (χ1) is 9.53. The lowest BCUT2D eigenvalue weighted by molar-refractivity contribution is 0.802. The van der Waals surface area contributed by atoms with Crippen LogP contribution < -0.4 is 4.90 Å². The van der Waals surface area contributed by atoms with Crippen molar-refractivity contribution in [2.45, 2.75) is 36.8 Å². The first-order valence-electron chi connectivity index (χ1n) is 7.03. The summed E-state index contributed by atoms with van der Waals surface area (Å²) >= 11 is 1.86. The Morgan fingerprint density at radius 2 is 1.90 bits per heavy atom. The minimum Gasteiger partial charge on any atom is -0.326 e. The van der Waals surface area contributed by atoms with Gasteiger partial charge < -0.3 is 4.90 Å². The molecule has 1 aliphatic heterocycles. The Bertz CT molecular complexity index is 599. The van der Waals surface area contributed by atoms with E-state index >= 15 is 0 Å². The molecule has 0 fully saturated rings. The molecule has 0 saturated carbocycles. The van der Waals surface area contributed by atoms with Crippen LogP contribution in [0.2, 0.25) is 0 Å². The van der Waals surface area contributed by atoms with Crippen molar-refractivity contribution >= 4 is 23.3 Å². The second kappa shape index (κ2) is 5.13. The van der Waals surface area contributed by atoms with Crippen molar-refractivity contribution in [1.29, 1.82) is 0 Å².